The Labute approximate surface area is 123 Å². The van der Waals surface area contributed by atoms with Gasteiger partial charge in [-0.25, -0.2) is 0 Å². The minimum atomic E-state index is 0.350. The minimum absolute atomic E-state index is 0.350. The second-order valence-corrected chi connectivity index (χ2v) is 6.18. The molecule has 0 aliphatic carbocycles. The van der Waals surface area contributed by atoms with E-state index < -0.39 is 0 Å². The van der Waals surface area contributed by atoms with Gasteiger partial charge >= 0.3 is 0 Å². The SMILES string of the molecule is CCCCCCCCCC(=O)N1CCCC(CCl)C1. The van der Waals surface area contributed by atoms with E-state index in [2.05, 4.69) is 6.92 Å². The zero-order valence-corrected chi connectivity index (χ0v) is 13.3. The molecule has 1 atom stereocenters. The van der Waals surface area contributed by atoms with E-state index in [9.17, 15) is 4.79 Å². The Bertz CT molecular complexity index is 245. The fourth-order valence-electron chi connectivity index (χ4n) is 2.81. The lowest BCUT2D eigenvalue weighted by atomic mass is 9.99. The molecule has 0 aromatic carbocycles. The maximum atomic E-state index is 12.1. The van der Waals surface area contributed by atoms with E-state index in [4.69, 9.17) is 11.6 Å². The summed E-state index contributed by atoms with van der Waals surface area (Å²) in [6.45, 7) is 4.08. The fraction of sp³-hybridized carbons (Fsp3) is 0.938. The maximum Gasteiger partial charge on any atom is 0.222 e. The standard InChI is InChI=1S/C16H30ClNO/c1-2-3-4-5-6-7-8-11-16(19)18-12-9-10-15(13-17)14-18/h15H,2-14H2,1H3. The number of likely N-dealkylation sites (tertiary alicyclic amines) is 1. The van der Waals surface area contributed by atoms with Crippen LogP contribution in [0, 0.1) is 5.92 Å². The maximum absolute atomic E-state index is 12.1. The predicted octanol–water partition coefficient (Wildman–Crippen LogP) is 4.60. The van der Waals surface area contributed by atoms with Crippen molar-refractivity contribution in [3.05, 3.63) is 0 Å². The van der Waals surface area contributed by atoms with Gasteiger partial charge in [0.1, 0.15) is 0 Å². The van der Waals surface area contributed by atoms with Gasteiger partial charge in [0, 0.05) is 25.4 Å². The lowest BCUT2D eigenvalue weighted by Gasteiger charge is -2.31. The Balaban J connectivity index is 2.04. The van der Waals surface area contributed by atoms with Gasteiger partial charge in [0.2, 0.25) is 5.91 Å². The highest BCUT2D eigenvalue weighted by atomic mass is 35.5. The predicted molar refractivity (Wildman–Crippen MR) is 82.6 cm³/mol. The molecule has 1 unspecified atom stereocenters. The molecule has 1 rings (SSSR count). The van der Waals surface area contributed by atoms with Gasteiger partial charge in [0.05, 0.1) is 0 Å². The molecular weight excluding hydrogens is 258 g/mol. The first-order valence-corrected chi connectivity index (χ1v) is 8.65. The van der Waals surface area contributed by atoms with Crippen LogP contribution in [-0.2, 0) is 4.79 Å². The average Bonchev–Trinajstić information content (AvgIpc) is 2.46. The monoisotopic (exact) mass is 287 g/mol. The van der Waals surface area contributed by atoms with E-state index in [-0.39, 0.29) is 0 Å². The van der Waals surface area contributed by atoms with Gasteiger partial charge in [-0.2, -0.15) is 0 Å². The molecule has 2 nitrogen and oxygen atoms in total. The lowest BCUT2D eigenvalue weighted by molar-refractivity contribution is -0.133. The van der Waals surface area contributed by atoms with Crippen molar-refractivity contribution >= 4 is 17.5 Å². The Morgan fingerprint density at radius 2 is 1.84 bits per heavy atom. The molecule has 19 heavy (non-hydrogen) atoms. The topological polar surface area (TPSA) is 20.3 Å². The Morgan fingerprint density at radius 1 is 1.16 bits per heavy atom. The first kappa shape index (κ1) is 16.8. The van der Waals surface area contributed by atoms with E-state index in [0.717, 1.165) is 32.4 Å². The van der Waals surface area contributed by atoms with Gasteiger partial charge in [-0.1, -0.05) is 45.4 Å². The summed E-state index contributed by atoms with van der Waals surface area (Å²) >= 11 is 5.90. The summed E-state index contributed by atoms with van der Waals surface area (Å²) in [5, 5.41) is 0. The Hall–Kier alpha value is -0.240. The number of carbonyl (C=O) groups is 1. The molecule has 1 heterocycles. The first-order chi connectivity index (χ1) is 9.27. The molecular formula is C16H30ClNO. The molecule has 112 valence electrons. The van der Waals surface area contributed by atoms with Crippen molar-refractivity contribution in [3.8, 4) is 0 Å². The number of nitrogens with zero attached hydrogens (tertiary/aromatic N) is 1. The van der Waals surface area contributed by atoms with Gasteiger partial charge < -0.3 is 4.90 Å². The van der Waals surface area contributed by atoms with Crippen molar-refractivity contribution < 1.29 is 4.79 Å². The van der Waals surface area contributed by atoms with Crippen LogP contribution in [0.1, 0.15) is 71.1 Å². The van der Waals surface area contributed by atoms with Crippen molar-refractivity contribution in [2.24, 2.45) is 5.92 Å². The van der Waals surface area contributed by atoms with Crippen molar-refractivity contribution in [3.63, 3.8) is 0 Å². The van der Waals surface area contributed by atoms with Crippen LogP contribution in [0.25, 0.3) is 0 Å². The van der Waals surface area contributed by atoms with Gasteiger partial charge in [0.25, 0.3) is 0 Å². The van der Waals surface area contributed by atoms with Crippen LogP contribution in [0.4, 0.5) is 0 Å². The van der Waals surface area contributed by atoms with Crippen molar-refractivity contribution in [1.82, 2.24) is 4.90 Å². The molecule has 3 heteroatoms. The molecule has 1 fully saturated rings. The summed E-state index contributed by atoms with van der Waals surface area (Å²) in [6.07, 6.45) is 12.0. The molecule has 1 saturated heterocycles. The van der Waals surface area contributed by atoms with E-state index in [0.29, 0.717) is 17.7 Å². The molecule has 0 radical (unpaired) electrons. The highest BCUT2D eigenvalue weighted by Crippen LogP contribution is 2.19. The molecule has 0 N–H and O–H groups in total. The Kier molecular flexibility index (Phi) is 9.32. The second-order valence-electron chi connectivity index (χ2n) is 5.87. The number of carbonyl (C=O) groups excluding carboxylic acids is 1. The fourth-order valence-corrected chi connectivity index (χ4v) is 3.06. The van der Waals surface area contributed by atoms with Crippen molar-refractivity contribution in [2.45, 2.75) is 71.1 Å². The largest absolute Gasteiger partial charge is 0.342 e. The minimum Gasteiger partial charge on any atom is -0.342 e. The third kappa shape index (κ3) is 7.20. The Morgan fingerprint density at radius 3 is 2.53 bits per heavy atom. The number of alkyl halides is 1. The number of rotatable bonds is 9. The number of halogens is 1. The molecule has 1 amide bonds. The molecule has 1 aliphatic heterocycles. The van der Waals surface area contributed by atoms with Crippen LogP contribution < -0.4 is 0 Å². The number of unbranched alkanes of at least 4 members (excludes halogenated alkanes) is 6. The third-order valence-corrected chi connectivity index (χ3v) is 4.52. The lowest BCUT2D eigenvalue weighted by Crippen LogP contribution is -2.40. The average molecular weight is 288 g/mol. The van der Waals surface area contributed by atoms with Crippen LogP contribution >= 0.6 is 11.6 Å². The number of piperidine rings is 1. The molecule has 0 saturated carbocycles. The van der Waals surface area contributed by atoms with E-state index in [1.54, 1.807) is 0 Å². The molecule has 0 aromatic rings. The quantitative estimate of drug-likeness (QED) is 0.448. The van der Waals surface area contributed by atoms with Crippen LogP contribution in [0.5, 0.6) is 0 Å². The molecule has 1 aliphatic rings. The van der Waals surface area contributed by atoms with Gasteiger partial charge in [-0.15, -0.1) is 11.6 Å². The van der Waals surface area contributed by atoms with Gasteiger partial charge in [-0.05, 0) is 25.2 Å². The summed E-state index contributed by atoms with van der Waals surface area (Å²) in [4.78, 5) is 14.1. The second kappa shape index (κ2) is 10.5. The summed E-state index contributed by atoms with van der Waals surface area (Å²) in [5.41, 5.74) is 0. The summed E-state index contributed by atoms with van der Waals surface area (Å²) < 4.78 is 0. The summed E-state index contributed by atoms with van der Waals surface area (Å²) in [5.74, 6) is 1.57. The van der Waals surface area contributed by atoms with Crippen LogP contribution in [0.3, 0.4) is 0 Å². The normalized spacial score (nSPS) is 19.7. The highest BCUT2D eigenvalue weighted by Gasteiger charge is 2.22. The van der Waals surface area contributed by atoms with Crippen molar-refractivity contribution in [2.75, 3.05) is 19.0 Å². The zero-order chi connectivity index (χ0) is 13.9. The number of amides is 1. The molecule has 0 aromatic heterocycles. The van der Waals surface area contributed by atoms with Crippen LogP contribution in [0.15, 0.2) is 0 Å². The van der Waals surface area contributed by atoms with Crippen molar-refractivity contribution in [1.29, 1.82) is 0 Å². The van der Waals surface area contributed by atoms with Gasteiger partial charge in [-0.3, -0.25) is 4.79 Å². The van der Waals surface area contributed by atoms with Gasteiger partial charge in [0.15, 0.2) is 0 Å². The van der Waals surface area contributed by atoms with Crippen LogP contribution in [0.2, 0.25) is 0 Å². The zero-order valence-electron chi connectivity index (χ0n) is 12.5. The highest BCUT2D eigenvalue weighted by molar-refractivity contribution is 6.18. The third-order valence-electron chi connectivity index (χ3n) is 4.08. The summed E-state index contributed by atoms with van der Waals surface area (Å²) in [6, 6.07) is 0. The number of hydrogen-bond donors (Lipinski definition) is 0. The van der Waals surface area contributed by atoms with E-state index >= 15 is 0 Å². The number of hydrogen-bond acceptors (Lipinski definition) is 1. The molecule has 0 spiro atoms. The van der Waals surface area contributed by atoms with E-state index in [1.165, 1.54) is 44.9 Å². The molecule has 0 bridgehead atoms. The van der Waals surface area contributed by atoms with E-state index in [1.807, 2.05) is 4.90 Å². The summed E-state index contributed by atoms with van der Waals surface area (Å²) in [7, 11) is 0. The first-order valence-electron chi connectivity index (χ1n) is 8.11. The smallest absolute Gasteiger partial charge is 0.222 e. The van der Waals surface area contributed by atoms with Crippen LogP contribution in [-0.4, -0.2) is 29.8 Å².